The monoisotopic (exact) mass is 374 g/mol. The van der Waals surface area contributed by atoms with Crippen molar-refractivity contribution in [2.24, 2.45) is 0 Å². The lowest BCUT2D eigenvalue weighted by Crippen LogP contribution is -2.53. The van der Waals surface area contributed by atoms with Crippen LogP contribution in [0.15, 0.2) is 30.3 Å². The summed E-state index contributed by atoms with van der Waals surface area (Å²) in [7, 11) is 3.87. The number of hydrogen-bond donors (Lipinski definition) is 0. The summed E-state index contributed by atoms with van der Waals surface area (Å²) in [6.45, 7) is 9.44. The van der Waals surface area contributed by atoms with Crippen molar-refractivity contribution in [2.75, 3.05) is 59.9 Å². The van der Waals surface area contributed by atoms with Crippen LogP contribution in [0.1, 0.15) is 31.9 Å². The summed E-state index contributed by atoms with van der Waals surface area (Å²) in [6, 6.07) is 9.60. The van der Waals surface area contributed by atoms with Gasteiger partial charge in [0.05, 0.1) is 0 Å². The maximum absolute atomic E-state index is 13.1. The Morgan fingerprint density at radius 3 is 2.04 bits per heavy atom. The largest absolute Gasteiger partial charge is 0.339 e. The number of hydrogen-bond acceptors (Lipinski definition) is 4. The van der Waals surface area contributed by atoms with Crippen LogP contribution in [0.2, 0.25) is 0 Å². The minimum atomic E-state index is -0.281. The average Bonchev–Trinajstić information content (AvgIpc) is 2.69. The van der Waals surface area contributed by atoms with Crippen LogP contribution in [0.5, 0.6) is 0 Å². The molecule has 1 unspecified atom stereocenters. The fraction of sp³-hybridized carbons (Fsp3) is 0.619. The molecule has 6 nitrogen and oxygen atoms in total. The molecule has 1 aliphatic heterocycles. The smallest absolute Gasteiger partial charge is 0.244 e. The van der Waals surface area contributed by atoms with Gasteiger partial charge in [-0.15, -0.1) is 0 Å². The van der Waals surface area contributed by atoms with Gasteiger partial charge in [-0.25, -0.2) is 0 Å². The molecule has 2 rings (SSSR count). The summed E-state index contributed by atoms with van der Waals surface area (Å²) in [6.07, 6.45) is 0.556. The Bertz CT molecular complexity index is 593. The van der Waals surface area contributed by atoms with Gasteiger partial charge in [0.25, 0.3) is 0 Å². The zero-order valence-corrected chi connectivity index (χ0v) is 17.2. The Morgan fingerprint density at radius 1 is 0.963 bits per heavy atom. The van der Waals surface area contributed by atoms with Crippen LogP contribution in [0.4, 0.5) is 0 Å². The minimum Gasteiger partial charge on any atom is -0.339 e. The predicted molar refractivity (Wildman–Crippen MR) is 108 cm³/mol. The van der Waals surface area contributed by atoms with Crippen molar-refractivity contribution >= 4 is 11.8 Å². The van der Waals surface area contributed by atoms with Gasteiger partial charge in [-0.3, -0.25) is 14.5 Å². The number of rotatable bonds is 8. The maximum Gasteiger partial charge on any atom is 0.244 e. The highest BCUT2D eigenvalue weighted by molar-refractivity contribution is 5.84. The normalized spacial score (nSPS) is 16.1. The summed E-state index contributed by atoms with van der Waals surface area (Å²) in [5, 5.41) is 0. The van der Waals surface area contributed by atoms with E-state index in [0.29, 0.717) is 32.6 Å². The molecule has 0 spiro atoms. The Kier molecular flexibility index (Phi) is 8.25. The van der Waals surface area contributed by atoms with Gasteiger partial charge >= 0.3 is 0 Å². The first-order valence-corrected chi connectivity index (χ1v) is 9.98. The van der Waals surface area contributed by atoms with Crippen LogP contribution in [0.3, 0.4) is 0 Å². The third-order valence-corrected chi connectivity index (χ3v) is 5.35. The molecule has 1 fully saturated rings. The predicted octanol–water partition coefficient (Wildman–Crippen LogP) is 1.69. The lowest BCUT2D eigenvalue weighted by atomic mass is 10.0. The van der Waals surface area contributed by atoms with E-state index in [2.05, 4.69) is 18.7 Å². The number of amides is 2. The van der Waals surface area contributed by atoms with Crippen molar-refractivity contribution in [3.63, 3.8) is 0 Å². The van der Waals surface area contributed by atoms with E-state index in [1.165, 1.54) is 0 Å². The first-order valence-electron chi connectivity index (χ1n) is 9.98. The first kappa shape index (κ1) is 21.4. The SMILES string of the molecule is CCN(CC)CCC(=O)N1CCN(C(=O)C(c2ccccc2)N(C)C)CC1. The lowest BCUT2D eigenvalue weighted by Gasteiger charge is -2.38. The highest BCUT2D eigenvalue weighted by Gasteiger charge is 2.31. The van der Waals surface area contributed by atoms with E-state index in [9.17, 15) is 9.59 Å². The molecule has 1 heterocycles. The highest BCUT2D eigenvalue weighted by Crippen LogP contribution is 2.21. The van der Waals surface area contributed by atoms with Crippen molar-refractivity contribution in [1.82, 2.24) is 19.6 Å². The average molecular weight is 375 g/mol. The summed E-state index contributed by atoms with van der Waals surface area (Å²) in [5.74, 6) is 0.308. The second-order valence-electron chi connectivity index (χ2n) is 7.26. The van der Waals surface area contributed by atoms with Crippen molar-refractivity contribution in [1.29, 1.82) is 0 Å². The lowest BCUT2D eigenvalue weighted by molar-refractivity contribution is -0.142. The van der Waals surface area contributed by atoms with Gasteiger partial charge in [0.15, 0.2) is 0 Å². The van der Waals surface area contributed by atoms with E-state index in [-0.39, 0.29) is 17.9 Å². The Hall–Kier alpha value is -1.92. The summed E-state index contributed by atoms with van der Waals surface area (Å²) in [4.78, 5) is 33.6. The molecule has 1 aliphatic rings. The topological polar surface area (TPSA) is 47.1 Å². The summed E-state index contributed by atoms with van der Waals surface area (Å²) >= 11 is 0. The highest BCUT2D eigenvalue weighted by atomic mass is 16.2. The first-order chi connectivity index (χ1) is 13.0. The Balaban J connectivity index is 1.90. The van der Waals surface area contributed by atoms with Gasteiger partial charge in [-0.1, -0.05) is 44.2 Å². The van der Waals surface area contributed by atoms with Crippen molar-refractivity contribution < 1.29 is 9.59 Å². The number of nitrogens with zero attached hydrogens (tertiary/aromatic N) is 4. The number of benzene rings is 1. The molecule has 0 bridgehead atoms. The molecule has 2 amide bonds. The molecule has 0 saturated carbocycles. The number of likely N-dealkylation sites (N-methyl/N-ethyl adjacent to an activating group) is 1. The molecule has 1 aromatic rings. The molecule has 150 valence electrons. The van der Waals surface area contributed by atoms with Gasteiger partial charge in [0.1, 0.15) is 6.04 Å². The van der Waals surface area contributed by atoms with Crippen LogP contribution in [0, 0.1) is 0 Å². The van der Waals surface area contributed by atoms with Gasteiger partial charge in [0, 0.05) is 39.1 Å². The molecule has 1 saturated heterocycles. The molecule has 0 N–H and O–H groups in total. The van der Waals surface area contributed by atoms with Crippen LogP contribution in [-0.4, -0.2) is 91.3 Å². The molecular weight excluding hydrogens is 340 g/mol. The van der Waals surface area contributed by atoms with Gasteiger partial charge < -0.3 is 14.7 Å². The molecular formula is C21H34N4O2. The summed E-state index contributed by atoms with van der Waals surface area (Å²) in [5.41, 5.74) is 1.00. The van der Waals surface area contributed by atoms with Crippen LogP contribution in [-0.2, 0) is 9.59 Å². The zero-order chi connectivity index (χ0) is 19.8. The minimum absolute atomic E-state index is 0.112. The second kappa shape index (κ2) is 10.4. The number of piperazine rings is 1. The quantitative estimate of drug-likeness (QED) is 0.695. The van der Waals surface area contributed by atoms with Crippen LogP contribution >= 0.6 is 0 Å². The maximum atomic E-state index is 13.1. The van der Waals surface area contributed by atoms with E-state index < -0.39 is 0 Å². The molecule has 0 aromatic heterocycles. The Morgan fingerprint density at radius 2 is 1.52 bits per heavy atom. The summed E-state index contributed by atoms with van der Waals surface area (Å²) < 4.78 is 0. The van der Waals surface area contributed by atoms with E-state index in [1.54, 1.807) is 0 Å². The van der Waals surface area contributed by atoms with Crippen molar-refractivity contribution in [3.8, 4) is 0 Å². The number of carbonyl (C=O) groups is 2. The second-order valence-corrected chi connectivity index (χ2v) is 7.26. The van der Waals surface area contributed by atoms with Crippen molar-refractivity contribution in [3.05, 3.63) is 35.9 Å². The molecule has 1 atom stereocenters. The fourth-order valence-electron chi connectivity index (χ4n) is 3.60. The third-order valence-electron chi connectivity index (χ3n) is 5.35. The standard InChI is InChI=1S/C21H34N4O2/c1-5-23(6-2)13-12-19(26)24-14-16-25(17-15-24)21(27)20(22(3)4)18-10-8-7-9-11-18/h7-11,20H,5-6,12-17H2,1-4H3. The molecule has 0 radical (unpaired) electrons. The number of carbonyl (C=O) groups excluding carboxylic acids is 2. The van der Waals surface area contributed by atoms with E-state index >= 15 is 0 Å². The molecule has 27 heavy (non-hydrogen) atoms. The van der Waals surface area contributed by atoms with Crippen LogP contribution < -0.4 is 0 Å². The molecule has 1 aromatic carbocycles. The van der Waals surface area contributed by atoms with Gasteiger partial charge in [-0.05, 0) is 32.7 Å². The molecule has 6 heteroatoms. The van der Waals surface area contributed by atoms with Crippen molar-refractivity contribution in [2.45, 2.75) is 26.3 Å². The van der Waals surface area contributed by atoms with Crippen LogP contribution in [0.25, 0.3) is 0 Å². The zero-order valence-electron chi connectivity index (χ0n) is 17.2. The van der Waals surface area contributed by atoms with E-state index in [4.69, 9.17) is 0 Å². The van der Waals surface area contributed by atoms with Gasteiger partial charge in [0.2, 0.25) is 11.8 Å². The van der Waals surface area contributed by atoms with E-state index in [0.717, 1.165) is 25.2 Å². The Labute approximate surface area is 163 Å². The molecule has 0 aliphatic carbocycles. The fourth-order valence-corrected chi connectivity index (χ4v) is 3.60. The third kappa shape index (κ3) is 5.78. The van der Waals surface area contributed by atoms with E-state index in [1.807, 2.05) is 59.1 Å². The van der Waals surface area contributed by atoms with Gasteiger partial charge in [-0.2, -0.15) is 0 Å².